The number of thioether (sulfide) groups is 1. The molecule has 0 spiro atoms. The molecular formula is C27H25F6N3O5S. The number of aliphatic carboxylic acids is 2. The van der Waals surface area contributed by atoms with Gasteiger partial charge in [0.15, 0.2) is 0 Å². The summed E-state index contributed by atoms with van der Waals surface area (Å²) in [7, 11) is 0. The Balaban J connectivity index is 0.000000531. The van der Waals surface area contributed by atoms with E-state index in [4.69, 9.17) is 16.6 Å². The van der Waals surface area contributed by atoms with Crippen LogP contribution in [0.2, 0.25) is 0 Å². The number of hydrogen-bond acceptors (Lipinski definition) is 6. The van der Waals surface area contributed by atoms with Gasteiger partial charge >= 0.3 is 24.3 Å². The molecular weight excluding hydrogens is 592 g/mol. The van der Waals surface area contributed by atoms with Crippen molar-refractivity contribution in [3.63, 3.8) is 0 Å². The third kappa shape index (κ3) is 9.12. The molecule has 2 saturated heterocycles. The summed E-state index contributed by atoms with van der Waals surface area (Å²) >= 11 is 1.06. The van der Waals surface area contributed by atoms with E-state index in [0.717, 1.165) is 35.6 Å². The molecule has 0 bridgehead atoms. The molecule has 2 aliphatic heterocycles. The van der Waals surface area contributed by atoms with Crippen molar-refractivity contribution in [1.29, 1.82) is 0 Å². The number of hydrogen-bond donors (Lipinski definition) is 3. The van der Waals surface area contributed by atoms with Crippen LogP contribution in [-0.4, -0.2) is 57.8 Å². The zero-order chi connectivity index (χ0) is 31.2. The van der Waals surface area contributed by atoms with Crippen molar-refractivity contribution in [2.75, 3.05) is 19.6 Å². The average Bonchev–Trinajstić information content (AvgIpc) is 3.53. The molecule has 8 nitrogen and oxygen atoms in total. The van der Waals surface area contributed by atoms with Crippen LogP contribution in [0.1, 0.15) is 29.5 Å². The quantitative estimate of drug-likeness (QED) is 0.226. The maximum atomic E-state index is 13.5. The fraction of sp³-hybridized carbons (Fsp3) is 0.407. The smallest absolute Gasteiger partial charge is 0.416 e. The van der Waals surface area contributed by atoms with Crippen LogP contribution in [0.3, 0.4) is 0 Å². The zero-order valence-electron chi connectivity index (χ0n) is 21.7. The first-order valence-corrected chi connectivity index (χ1v) is 13.2. The number of carboxylic acid groups (broad SMARTS) is 2. The Morgan fingerprint density at radius 2 is 1.67 bits per heavy atom. The van der Waals surface area contributed by atoms with Crippen molar-refractivity contribution in [3.8, 4) is 12.3 Å². The third-order valence-electron chi connectivity index (χ3n) is 6.74. The number of carbonyl (C=O) groups excluding carboxylic acids is 1. The fourth-order valence-corrected chi connectivity index (χ4v) is 5.97. The fourth-order valence-electron chi connectivity index (χ4n) is 5.15. The highest BCUT2D eigenvalue weighted by Crippen LogP contribution is 2.45. The highest BCUT2D eigenvalue weighted by molar-refractivity contribution is 8.18. The molecule has 3 atom stereocenters. The molecule has 3 fully saturated rings. The lowest BCUT2D eigenvalue weighted by Gasteiger charge is -2.22. The molecule has 15 heteroatoms. The van der Waals surface area contributed by atoms with Crippen molar-refractivity contribution in [2.45, 2.75) is 31.7 Å². The molecule has 0 aromatic heterocycles. The predicted octanol–water partition coefficient (Wildman–Crippen LogP) is 5.27. The van der Waals surface area contributed by atoms with Crippen LogP contribution >= 0.6 is 11.8 Å². The third-order valence-corrected chi connectivity index (χ3v) is 7.58. The Kier molecular flexibility index (Phi) is 10.5. The number of nitrogens with one attached hydrogen (secondary N) is 1. The van der Waals surface area contributed by atoms with Gasteiger partial charge in [-0.3, -0.25) is 14.7 Å². The Morgan fingerprint density at radius 3 is 2.17 bits per heavy atom. The highest BCUT2D eigenvalue weighted by atomic mass is 32.2. The number of rotatable bonds is 6. The summed E-state index contributed by atoms with van der Waals surface area (Å²) in [6.07, 6.45) is 0.290. The standard InChI is InChI=1S/C23H21F6N3OS.C4H4O4/c1-2-5-30-20-19(34-21(33)31-20)8-13-6-15-11-32(12-16(15)7-13)10-14-3-4-17(22(24,25)26)9-18(14)23(27,28)29;5-3(6)1-2-4(7)8/h1,3-4,8-9,13,15-16H,5-7,10-12H2,(H,30,31,33);1-2H,(H,5,6)(H,7,8)/b19-8-;2-1-/t13?,15-,16+;. The van der Waals surface area contributed by atoms with Crippen LogP contribution in [0.5, 0.6) is 0 Å². The number of allylic oxidation sites excluding steroid dienone is 1. The van der Waals surface area contributed by atoms with E-state index in [1.165, 1.54) is 0 Å². The van der Waals surface area contributed by atoms with Crippen LogP contribution in [0.4, 0.5) is 31.1 Å². The predicted molar refractivity (Wildman–Crippen MR) is 141 cm³/mol. The van der Waals surface area contributed by atoms with Crippen LogP contribution in [-0.2, 0) is 28.5 Å². The van der Waals surface area contributed by atoms with Crippen molar-refractivity contribution in [2.24, 2.45) is 22.7 Å². The minimum Gasteiger partial charge on any atom is -0.478 e. The Labute approximate surface area is 240 Å². The molecule has 42 heavy (non-hydrogen) atoms. The number of carboxylic acids is 2. The van der Waals surface area contributed by atoms with Gasteiger partial charge < -0.3 is 15.5 Å². The summed E-state index contributed by atoms with van der Waals surface area (Å²) in [5.41, 5.74) is -2.70. The van der Waals surface area contributed by atoms with E-state index in [2.05, 4.69) is 16.2 Å². The summed E-state index contributed by atoms with van der Waals surface area (Å²) < 4.78 is 79.1. The minimum atomic E-state index is -4.87. The van der Waals surface area contributed by atoms with Gasteiger partial charge in [0.25, 0.3) is 5.24 Å². The van der Waals surface area contributed by atoms with Crippen molar-refractivity contribution < 1.29 is 50.9 Å². The highest BCUT2D eigenvalue weighted by Gasteiger charge is 2.42. The number of benzene rings is 1. The van der Waals surface area contributed by atoms with E-state index in [9.17, 15) is 40.7 Å². The van der Waals surface area contributed by atoms with Gasteiger partial charge in [-0.1, -0.05) is 18.1 Å². The summed E-state index contributed by atoms with van der Waals surface area (Å²) in [5.74, 6) is 1.10. The molecule has 3 N–H and O–H groups in total. The molecule has 1 amide bonds. The van der Waals surface area contributed by atoms with E-state index in [1.54, 1.807) is 0 Å². The van der Waals surface area contributed by atoms with Crippen molar-refractivity contribution >= 4 is 34.8 Å². The minimum absolute atomic E-state index is 0.0527. The molecule has 1 aliphatic carbocycles. The molecule has 0 radical (unpaired) electrons. The molecule has 1 aromatic carbocycles. The van der Waals surface area contributed by atoms with Crippen molar-refractivity contribution in [1.82, 2.24) is 10.2 Å². The first-order chi connectivity index (χ1) is 19.6. The number of alkyl halides is 6. The lowest BCUT2D eigenvalue weighted by molar-refractivity contribution is -0.143. The number of fused-ring (bicyclic) bond motifs is 1. The van der Waals surface area contributed by atoms with E-state index in [-0.39, 0.29) is 47.7 Å². The van der Waals surface area contributed by atoms with Gasteiger partial charge in [0.05, 0.1) is 16.0 Å². The molecule has 4 rings (SSSR count). The lowest BCUT2D eigenvalue weighted by atomic mass is 10.0. The van der Waals surface area contributed by atoms with Gasteiger partial charge in [0.1, 0.15) is 12.4 Å². The molecule has 226 valence electrons. The second-order valence-corrected chi connectivity index (χ2v) is 10.8. The molecule has 1 saturated carbocycles. The Morgan fingerprint density at radius 1 is 1.07 bits per heavy atom. The van der Waals surface area contributed by atoms with Gasteiger partial charge in [0, 0.05) is 31.8 Å². The normalized spacial score (nSPS) is 24.4. The van der Waals surface area contributed by atoms with Crippen LogP contribution in [0.15, 0.2) is 46.3 Å². The van der Waals surface area contributed by atoms with Gasteiger partial charge in [0.2, 0.25) is 0 Å². The largest absolute Gasteiger partial charge is 0.478 e. The summed E-state index contributed by atoms with van der Waals surface area (Å²) in [6.45, 7) is 1.25. The monoisotopic (exact) mass is 617 g/mol. The van der Waals surface area contributed by atoms with E-state index < -0.39 is 35.4 Å². The first-order valence-electron chi connectivity index (χ1n) is 12.4. The lowest BCUT2D eigenvalue weighted by Crippen LogP contribution is -2.24. The number of likely N-dealkylation sites (tertiary alicyclic amines) is 1. The number of amides is 1. The van der Waals surface area contributed by atoms with E-state index >= 15 is 0 Å². The molecule has 1 aromatic rings. The number of amidine groups is 1. The SMILES string of the molecule is C#CCN=C1NC(=O)S/C1=C\C1C[C@@H]2CN(Cc3ccc(C(F)(F)F)cc3C(F)(F)F)C[C@@H]2C1.O=C(O)/C=C\C(=O)O. The van der Waals surface area contributed by atoms with Gasteiger partial charge in [-0.15, -0.1) is 6.42 Å². The number of aliphatic imine (C=N–C) groups is 1. The number of carbonyl (C=O) groups is 3. The van der Waals surface area contributed by atoms with Gasteiger partial charge in [-0.05, 0) is 60.1 Å². The van der Waals surface area contributed by atoms with Crippen LogP contribution in [0, 0.1) is 30.1 Å². The number of terminal acetylenes is 1. The van der Waals surface area contributed by atoms with Crippen LogP contribution < -0.4 is 5.32 Å². The maximum absolute atomic E-state index is 13.5. The second-order valence-electron chi connectivity index (χ2n) is 9.74. The molecule has 2 heterocycles. The van der Waals surface area contributed by atoms with Crippen molar-refractivity contribution in [3.05, 3.63) is 58.0 Å². The van der Waals surface area contributed by atoms with Crippen LogP contribution in [0.25, 0.3) is 0 Å². The Bertz CT molecular complexity index is 1320. The summed E-state index contributed by atoms with van der Waals surface area (Å²) in [6, 6.07) is 1.84. The number of nitrogens with zero attached hydrogens (tertiary/aromatic N) is 2. The topological polar surface area (TPSA) is 119 Å². The maximum Gasteiger partial charge on any atom is 0.416 e. The van der Waals surface area contributed by atoms with E-state index in [0.29, 0.717) is 37.1 Å². The second kappa shape index (κ2) is 13.5. The van der Waals surface area contributed by atoms with E-state index in [1.807, 2.05) is 11.0 Å². The summed E-state index contributed by atoms with van der Waals surface area (Å²) in [4.78, 5) is 37.6. The first kappa shape index (κ1) is 32.7. The molecule has 1 unspecified atom stereocenters. The van der Waals surface area contributed by atoms with Gasteiger partial charge in [-0.2, -0.15) is 26.3 Å². The molecule has 3 aliphatic rings. The summed E-state index contributed by atoms with van der Waals surface area (Å²) in [5, 5.41) is 18.1. The number of halogens is 6. The Hall–Kier alpha value is -3.77. The van der Waals surface area contributed by atoms with Gasteiger partial charge in [-0.25, -0.2) is 9.59 Å². The zero-order valence-corrected chi connectivity index (χ0v) is 22.5. The average molecular weight is 618 g/mol.